The number of aliphatic hydroxyl groups excluding tert-OH is 1. The molecule has 0 spiro atoms. The number of rotatable bonds is 5. The van der Waals surface area contributed by atoms with Gasteiger partial charge in [-0.3, -0.25) is 4.79 Å². The number of nitrogens with one attached hydrogen (secondary N) is 1. The van der Waals surface area contributed by atoms with Crippen LogP contribution >= 0.6 is 0 Å². The van der Waals surface area contributed by atoms with Crippen LogP contribution in [0.15, 0.2) is 0 Å². The van der Waals surface area contributed by atoms with Gasteiger partial charge in [0.1, 0.15) is 0 Å². The van der Waals surface area contributed by atoms with Crippen molar-refractivity contribution in [3.8, 4) is 0 Å². The molecule has 2 saturated carbocycles. The van der Waals surface area contributed by atoms with E-state index in [1.165, 1.54) is 32.1 Å². The quantitative estimate of drug-likeness (QED) is 0.804. The smallest absolute Gasteiger partial charge is 0.222 e. The number of aliphatic hydroxyl groups is 1. The monoisotopic (exact) mass is 267 g/mol. The Labute approximate surface area is 117 Å². The third-order valence-electron chi connectivity index (χ3n) is 5.02. The molecule has 2 aliphatic carbocycles. The Hall–Kier alpha value is -0.570. The van der Waals surface area contributed by atoms with Gasteiger partial charge in [0.15, 0.2) is 0 Å². The van der Waals surface area contributed by atoms with Crippen molar-refractivity contribution in [2.24, 2.45) is 17.8 Å². The van der Waals surface area contributed by atoms with Gasteiger partial charge in [0.05, 0.1) is 6.10 Å². The Morgan fingerprint density at radius 3 is 2.53 bits per heavy atom. The third kappa shape index (κ3) is 4.48. The highest BCUT2D eigenvalue weighted by Crippen LogP contribution is 2.29. The Morgan fingerprint density at radius 1 is 1.16 bits per heavy atom. The number of amides is 1. The molecule has 2 rings (SSSR count). The molecule has 0 heterocycles. The molecule has 0 bridgehead atoms. The van der Waals surface area contributed by atoms with E-state index in [0.717, 1.165) is 31.6 Å². The minimum absolute atomic E-state index is 0.127. The summed E-state index contributed by atoms with van der Waals surface area (Å²) in [5.74, 6) is 1.35. The van der Waals surface area contributed by atoms with E-state index >= 15 is 0 Å². The predicted molar refractivity (Wildman–Crippen MR) is 76.7 cm³/mol. The maximum absolute atomic E-state index is 12.1. The summed E-state index contributed by atoms with van der Waals surface area (Å²) < 4.78 is 0. The lowest BCUT2D eigenvalue weighted by Gasteiger charge is -2.24. The zero-order valence-corrected chi connectivity index (χ0v) is 12.2. The molecule has 0 aromatic rings. The van der Waals surface area contributed by atoms with Crippen LogP contribution in [0.25, 0.3) is 0 Å². The first-order chi connectivity index (χ1) is 9.16. The van der Waals surface area contributed by atoms with Gasteiger partial charge in [-0.15, -0.1) is 0 Å². The molecule has 3 unspecified atom stereocenters. The van der Waals surface area contributed by atoms with E-state index in [4.69, 9.17) is 0 Å². The molecule has 0 aromatic carbocycles. The van der Waals surface area contributed by atoms with E-state index in [2.05, 4.69) is 12.2 Å². The van der Waals surface area contributed by atoms with Crippen molar-refractivity contribution in [2.45, 2.75) is 70.8 Å². The van der Waals surface area contributed by atoms with Gasteiger partial charge < -0.3 is 10.4 Å². The number of hydrogen-bond donors (Lipinski definition) is 2. The fourth-order valence-corrected chi connectivity index (χ4v) is 3.69. The SMILES string of the molecule is CC(CC1CCCCC1)C(=O)NCC1CCCC1O. The number of carbonyl (C=O) groups is 1. The zero-order valence-electron chi connectivity index (χ0n) is 12.2. The minimum Gasteiger partial charge on any atom is -0.393 e. The van der Waals surface area contributed by atoms with Gasteiger partial charge in [0.2, 0.25) is 5.91 Å². The van der Waals surface area contributed by atoms with E-state index in [1.807, 2.05) is 0 Å². The van der Waals surface area contributed by atoms with Crippen molar-refractivity contribution >= 4 is 5.91 Å². The normalized spacial score (nSPS) is 30.2. The van der Waals surface area contributed by atoms with Gasteiger partial charge in [-0.25, -0.2) is 0 Å². The van der Waals surface area contributed by atoms with Gasteiger partial charge in [-0.05, 0) is 25.2 Å². The van der Waals surface area contributed by atoms with Gasteiger partial charge in [0.25, 0.3) is 0 Å². The Bertz CT molecular complexity index is 286. The van der Waals surface area contributed by atoms with Crippen LogP contribution in [0.3, 0.4) is 0 Å². The van der Waals surface area contributed by atoms with Crippen molar-refractivity contribution in [2.75, 3.05) is 6.54 Å². The van der Waals surface area contributed by atoms with Crippen molar-refractivity contribution < 1.29 is 9.90 Å². The highest BCUT2D eigenvalue weighted by molar-refractivity contribution is 5.78. The highest BCUT2D eigenvalue weighted by Gasteiger charge is 2.26. The van der Waals surface area contributed by atoms with Crippen LogP contribution in [-0.2, 0) is 4.79 Å². The van der Waals surface area contributed by atoms with Crippen LogP contribution in [0.5, 0.6) is 0 Å². The molecule has 2 aliphatic rings. The molecule has 1 amide bonds. The lowest BCUT2D eigenvalue weighted by atomic mass is 9.83. The second-order valence-corrected chi connectivity index (χ2v) is 6.64. The first-order valence-corrected chi connectivity index (χ1v) is 8.12. The fraction of sp³-hybridized carbons (Fsp3) is 0.938. The van der Waals surface area contributed by atoms with Crippen molar-refractivity contribution in [3.63, 3.8) is 0 Å². The average molecular weight is 267 g/mol. The summed E-state index contributed by atoms with van der Waals surface area (Å²) >= 11 is 0. The van der Waals surface area contributed by atoms with E-state index in [9.17, 15) is 9.90 Å². The maximum Gasteiger partial charge on any atom is 0.222 e. The van der Waals surface area contributed by atoms with Crippen LogP contribution in [0.2, 0.25) is 0 Å². The van der Waals surface area contributed by atoms with Crippen LogP contribution < -0.4 is 5.32 Å². The summed E-state index contributed by atoms with van der Waals surface area (Å²) in [6, 6.07) is 0. The van der Waals surface area contributed by atoms with Crippen LogP contribution in [0, 0.1) is 17.8 Å². The second kappa shape index (κ2) is 7.28. The van der Waals surface area contributed by atoms with Gasteiger partial charge >= 0.3 is 0 Å². The fourth-order valence-electron chi connectivity index (χ4n) is 3.69. The second-order valence-electron chi connectivity index (χ2n) is 6.64. The van der Waals surface area contributed by atoms with Crippen molar-refractivity contribution in [1.82, 2.24) is 5.32 Å². The van der Waals surface area contributed by atoms with Crippen LogP contribution in [0.4, 0.5) is 0 Å². The lowest BCUT2D eigenvalue weighted by molar-refractivity contribution is -0.125. The minimum atomic E-state index is -0.200. The average Bonchev–Trinajstić information content (AvgIpc) is 2.82. The summed E-state index contributed by atoms with van der Waals surface area (Å²) in [6.45, 7) is 2.71. The van der Waals surface area contributed by atoms with Crippen LogP contribution in [0.1, 0.15) is 64.7 Å². The topological polar surface area (TPSA) is 49.3 Å². The largest absolute Gasteiger partial charge is 0.393 e. The first kappa shape index (κ1) is 14.8. The summed E-state index contributed by atoms with van der Waals surface area (Å²) in [7, 11) is 0. The molecular formula is C16H29NO2. The van der Waals surface area contributed by atoms with Crippen LogP contribution in [-0.4, -0.2) is 23.7 Å². The molecule has 3 atom stereocenters. The summed E-state index contributed by atoms with van der Waals surface area (Å²) in [4.78, 5) is 12.1. The molecule has 3 nitrogen and oxygen atoms in total. The molecule has 0 saturated heterocycles. The molecule has 2 fully saturated rings. The van der Waals surface area contributed by atoms with E-state index in [-0.39, 0.29) is 23.8 Å². The van der Waals surface area contributed by atoms with Gasteiger partial charge in [-0.2, -0.15) is 0 Å². The van der Waals surface area contributed by atoms with E-state index < -0.39 is 0 Å². The predicted octanol–water partition coefficient (Wildman–Crippen LogP) is 2.87. The Kier molecular flexibility index (Phi) is 5.68. The number of hydrogen-bond acceptors (Lipinski definition) is 2. The summed E-state index contributed by atoms with van der Waals surface area (Å²) in [5.41, 5.74) is 0. The molecule has 0 aliphatic heterocycles. The van der Waals surface area contributed by atoms with Gasteiger partial charge in [0, 0.05) is 18.4 Å². The molecule has 2 N–H and O–H groups in total. The number of carbonyl (C=O) groups excluding carboxylic acids is 1. The molecule has 3 heteroatoms. The van der Waals surface area contributed by atoms with Crippen molar-refractivity contribution in [3.05, 3.63) is 0 Å². The van der Waals surface area contributed by atoms with E-state index in [1.54, 1.807) is 0 Å². The lowest BCUT2D eigenvalue weighted by Crippen LogP contribution is -2.36. The molecule has 19 heavy (non-hydrogen) atoms. The summed E-state index contributed by atoms with van der Waals surface area (Å²) in [6.07, 6.45) is 10.6. The molecule has 0 aromatic heterocycles. The molecule has 110 valence electrons. The Morgan fingerprint density at radius 2 is 1.89 bits per heavy atom. The van der Waals surface area contributed by atoms with Crippen molar-refractivity contribution in [1.29, 1.82) is 0 Å². The molecule has 0 radical (unpaired) electrons. The third-order valence-corrected chi connectivity index (χ3v) is 5.02. The molecular weight excluding hydrogens is 238 g/mol. The standard InChI is InChI=1S/C16H29NO2/c1-12(10-13-6-3-2-4-7-13)16(19)17-11-14-8-5-9-15(14)18/h12-15,18H,2-11H2,1H3,(H,17,19). The summed E-state index contributed by atoms with van der Waals surface area (Å²) in [5, 5.41) is 12.8. The maximum atomic E-state index is 12.1. The first-order valence-electron chi connectivity index (χ1n) is 8.12. The zero-order chi connectivity index (χ0) is 13.7. The Balaban J connectivity index is 1.66. The van der Waals surface area contributed by atoms with E-state index in [0.29, 0.717) is 6.54 Å². The highest BCUT2D eigenvalue weighted by atomic mass is 16.3. The van der Waals surface area contributed by atoms with Gasteiger partial charge in [-0.1, -0.05) is 45.4 Å².